The van der Waals surface area contributed by atoms with Crippen LogP contribution in [0.15, 0.2) is 30.5 Å². The zero-order valence-electron chi connectivity index (χ0n) is 16.6. The summed E-state index contributed by atoms with van der Waals surface area (Å²) >= 11 is 1.36. The number of aldehydes is 1. The third-order valence-electron chi connectivity index (χ3n) is 5.77. The van der Waals surface area contributed by atoms with Gasteiger partial charge >= 0.3 is 0 Å². The lowest BCUT2D eigenvalue weighted by atomic mass is 9.89. The number of carbonyl (C=O) groups excluding carboxylic acids is 2. The molecule has 1 aliphatic heterocycles. The van der Waals surface area contributed by atoms with Gasteiger partial charge < -0.3 is 10.7 Å². The van der Waals surface area contributed by atoms with Crippen molar-refractivity contribution in [1.29, 1.82) is 0 Å². The van der Waals surface area contributed by atoms with Crippen LogP contribution in [0.4, 0.5) is 0 Å². The first kappa shape index (κ1) is 20.8. The lowest BCUT2D eigenvalue weighted by molar-refractivity contribution is 0.100. The second-order valence-corrected chi connectivity index (χ2v) is 10.8. The van der Waals surface area contributed by atoms with Crippen LogP contribution in [0, 0.1) is 0 Å². The molecule has 9 heteroatoms. The molecule has 0 spiro atoms. The number of rotatable bonds is 6. The number of nitrogens with one attached hydrogen (secondary N) is 1. The quantitative estimate of drug-likeness (QED) is 0.567. The largest absolute Gasteiger partial charge is 0.366 e. The molecule has 1 fully saturated rings. The molecule has 0 saturated carbocycles. The maximum absolute atomic E-state index is 12.2. The van der Waals surface area contributed by atoms with Gasteiger partial charge in [0.05, 0.1) is 21.7 Å². The van der Waals surface area contributed by atoms with Gasteiger partial charge in [-0.3, -0.25) is 9.59 Å². The number of hydrogen-bond donors (Lipinski definition) is 2. The highest BCUT2D eigenvalue weighted by molar-refractivity contribution is 7.89. The highest BCUT2D eigenvalue weighted by Crippen LogP contribution is 2.38. The van der Waals surface area contributed by atoms with E-state index in [1.54, 1.807) is 23.4 Å². The third-order valence-corrected chi connectivity index (χ3v) is 8.71. The monoisotopic (exact) mass is 445 g/mol. The standard InChI is InChI=1S/C21H23N3O4S2/c1-2-30(27,28)24-7-5-13(6-8-24)18-11-23-20-16(18)9-14(10-17(20)21(22)26)19-4-3-15(12-25)29-19/h3-4,9-13,23H,2,5-8H2,1H3,(H2,22,26). The van der Waals surface area contributed by atoms with Gasteiger partial charge in [0.1, 0.15) is 0 Å². The Morgan fingerprint density at radius 1 is 1.30 bits per heavy atom. The van der Waals surface area contributed by atoms with Gasteiger partial charge in [0.25, 0.3) is 5.91 Å². The zero-order chi connectivity index (χ0) is 21.5. The van der Waals surface area contributed by atoms with Crippen molar-refractivity contribution in [3.8, 4) is 10.4 Å². The number of nitrogens with two attached hydrogens (primary N) is 1. The van der Waals surface area contributed by atoms with E-state index in [-0.39, 0.29) is 11.7 Å². The van der Waals surface area contributed by atoms with Crippen LogP contribution in [-0.4, -0.2) is 48.7 Å². The van der Waals surface area contributed by atoms with Crippen LogP contribution in [0.3, 0.4) is 0 Å². The molecule has 0 unspecified atom stereocenters. The van der Waals surface area contributed by atoms with E-state index in [9.17, 15) is 18.0 Å². The SMILES string of the molecule is CCS(=O)(=O)N1CCC(c2c[nH]c3c(C(N)=O)cc(-c4ccc(C=O)s4)cc23)CC1. The number of fused-ring (bicyclic) bond motifs is 1. The smallest absolute Gasteiger partial charge is 0.250 e. The van der Waals surface area contributed by atoms with E-state index in [0.29, 0.717) is 29.0 Å². The van der Waals surface area contributed by atoms with Gasteiger partial charge in [-0.25, -0.2) is 12.7 Å². The predicted octanol–water partition coefficient (Wildman–Crippen LogP) is 3.34. The number of thiophene rings is 1. The first-order valence-corrected chi connectivity index (χ1v) is 12.2. The number of piperidine rings is 1. The van der Waals surface area contributed by atoms with E-state index in [4.69, 9.17) is 5.73 Å². The Morgan fingerprint density at radius 2 is 2.03 bits per heavy atom. The number of benzene rings is 1. The summed E-state index contributed by atoms with van der Waals surface area (Å²) in [5.41, 5.74) is 8.64. The van der Waals surface area contributed by atoms with Crippen LogP contribution in [0.1, 0.15) is 51.3 Å². The Labute approximate surface area is 178 Å². The summed E-state index contributed by atoms with van der Waals surface area (Å²) in [6.07, 6.45) is 4.15. The molecule has 4 rings (SSSR count). The molecular weight excluding hydrogens is 422 g/mol. The van der Waals surface area contributed by atoms with E-state index in [0.717, 1.165) is 40.5 Å². The predicted molar refractivity (Wildman–Crippen MR) is 119 cm³/mol. The fourth-order valence-corrected chi connectivity index (χ4v) is 6.07. The molecule has 2 aromatic heterocycles. The maximum atomic E-state index is 12.2. The molecule has 0 aliphatic carbocycles. The molecular formula is C21H23N3O4S2. The van der Waals surface area contributed by atoms with Crippen molar-refractivity contribution >= 4 is 44.5 Å². The minimum atomic E-state index is -3.18. The van der Waals surface area contributed by atoms with Crippen molar-refractivity contribution in [3.63, 3.8) is 0 Å². The second-order valence-electron chi connectivity index (χ2n) is 7.45. The van der Waals surface area contributed by atoms with Crippen molar-refractivity contribution in [1.82, 2.24) is 9.29 Å². The summed E-state index contributed by atoms with van der Waals surface area (Å²) in [5.74, 6) is -0.224. The summed E-state index contributed by atoms with van der Waals surface area (Å²) in [6, 6.07) is 7.38. The Balaban J connectivity index is 1.73. The topological polar surface area (TPSA) is 113 Å². The first-order valence-electron chi connectivity index (χ1n) is 9.82. The lowest BCUT2D eigenvalue weighted by Gasteiger charge is -2.31. The van der Waals surface area contributed by atoms with Crippen LogP contribution in [0.2, 0.25) is 0 Å². The van der Waals surface area contributed by atoms with Crippen LogP contribution in [0.5, 0.6) is 0 Å². The van der Waals surface area contributed by atoms with Gasteiger partial charge in [-0.2, -0.15) is 0 Å². The molecule has 1 saturated heterocycles. The molecule has 30 heavy (non-hydrogen) atoms. The van der Waals surface area contributed by atoms with Crippen LogP contribution < -0.4 is 5.73 Å². The van der Waals surface area contributed by atoms with Gasteiger partial charge in [0, 0.05) is 29.5 Å². The van der Waals surface area contributed by atoms with E-state index in [2.05, 4.69) is 4.98 Å². The Morgan fingerprint density at radius 3 is 2.63 bits per heavy atom. The van der Waals surface area contributed by atoms with E-state index >= 15 is 0 Å². The van der Waals surface area contributed by atoms with Crippen molar-refractivity contribution < 1.29 is 18.0 Å². The third kappa shape index (κ3) is 3.68. The Bertz CT molecular complexity index is 1220. The molecule has 1 amide bonds. The number of amides is 1. The van der Waals surface area contributed by atoms with Crippen molar-refractivity contribution in [2.24, 2.45) is 5.73 Å². The summed E-state index contributed by atoms with van der Waals surface area (Å²) in [4.78, 5) is 27.9. The van der Waals surface area contributed by atoms with Crippen molar-refractivity contribution in [3.05, 3.63) is 46.5 Å². The molecule has 0 bridgehead atoms. The summed E-state index contributed by atoms with van der Waals surface area (Å²) in [5, 5.41) is 0.916. The zero-order valence-corrected chi connectivity index (χ0v) is 18.2. The summed E-state index contributed by atoms with van der Waals surface area (Å²) in [7, 11) is -3.18. The number of primary amides is 1. The van der Waals surface area contributed by atoms with Gasteiger partial charge in [-0.05, 0) is 61.1 Å². The minimum absolute atomic E-state index is 0.111. The normalized spacial score (nSPS) is 16.2. The van der Waals surface area contributed by atoms with Gasteiger partial charge in [-0.15, -0.1) is 11.3 Å². The highest BCUT2D eigenvalue weighted by atomic mass is 32.2. The fourth-order valence-electron chi connectivity index (χ4n) is 4.13. The van der Waals surface area contributed by atoms with Crippen molar-refractivity contribution in [2.45, 2.75) is 25.7 Å². The van der Waals surface area contributed by atoms with Gasteiger partial charge in [-0.1, -0.05) is 0 Å². The molecule has 0 radical (unpaired) electrons. The number of aromatic amines is 1. The van der Waals surface area contributed by atoms with E-state index in [1.165, 1.54) is 11.3 Å². The fraction of sp³-hybridized carbons (Fsp3) is 0.333. The number of H-pyrrole nitrogens is 1. The number of aromatic nitrogens is 1. The minimum Gasteiger partial charge on any atom is -0.366 e. The van der Waals surface area contributed by atoms with Crippen molar-refractivity contribution in [2.75, 3.05) is 18.8 Å². The average Bonchev–Trinajstić information content (AvgIpc) is 3.40. The van der Waals surface area contributed by atoms with Crippen LogP contribution in [-0.2, 0) is 10.0 Å². The van der Waals surface area contributed by atoms with E-state index < -0.39 is 15.9 Å². The average molecular weight is 446 g/mol. The molecule has 1 aliphatic rings. The molecule has 3 aromatic rings. The molecule has 158 valence electrons. The number of nitrogens with zero attached hydrogens (tertiary/aromatic N) is 1. The Kier molecular flexibility index (Phi) is 5.52. The lowest BCUT2D eigenvalue weighted by Crippen LogP contribution is -2.38. The molecule has 3 heterocycles. The van der Waals surface area contributed by atoms with Crippen LogP contribution in [0.25, 0.3) is 21.3 Å². The number of sulfonamides is 1. The number of carbonyl (C=O) groups is 2. The van der Waals surface area contributed by atoms with Crippen LogP contribution >= 0.6 is 11.3 Å². The Hall–Kier alpha value is -2.49. The molecule has 0 atom stereocenters. The van der Waals surface area contributed by atoms with Gasteiger partial charge in [0.15, 0.2) is 6.29 Å². The first-order chi connectivity index (χ1) is 14.3. The van der Waals surface area contributed by atoms with Gasteiger partial charge in [0.2, 0.25) is 10.0 Å². The summed E-state index contributed by atoms with van der Waals surface area (Å²) < 4.78 is 25.9. The summed E-state index contributed by atoms with van der Waals surface area (Å²) in [6.45, 7) is 2.64. The number of hydrogen-bond acceptors (Lipinski definition) is 5. The van der Waals surface area contributed by atoms with E-state index in [1.807, 2.05) is 18.3 Å². The highest BCUT2D eigenvalue weighted by Gasteiger charge is 2.29. The second kappa shape index (κ2) is 7.98. The molecule has 7 nitrogen and oxygen atoms in total. The molecule has 1 aromatic carbocycles. The maximum Gasteiger partial charge on any atom is 0.250 e. The molecule has 3 N–H and O–H groups in total.